The molecule has 3 nitrogen and oxygen atoms in total. The summed E-state index contributed by atoms with van der Waals surface area (Å²) in [5, 5.41) is 0. The first-order chi connectivity index (χ1) is 9.36. The molecule has 0 aliphatic heterocycles. The molecule has 2 rings (SSSR count). The molecule has 0 atom stereocenters. The van der Waals surface area contributed by atoms with Crippen molar-refractivity contribution in [2.45, 2.75) is 40.0 Å². The number of furan rings is 1. The van der Waals surface area contributed by atoms with Gasteiger partial charge in [-0.2, -0.15) is 0 Å². The molecule has 0 bridgehead atoms. The highest BCUT2D eigenvalue weighted by Gasteiger charge is 2.27. The third kappa shape index (κ3) is 2.48. The van der Waals surface area contributed by atoms with E-state index in [1.54, 1.807) is 4.90 Å². The van der Waals surface area contributed by atoms with Crippen LogP contribution in [0.15, 0.2) is 34.7 Å². The summed E-state index contributed by atoms with van der Waals surface area (Å²) in [6.45, 7) is 10.2. The van der Waals surface area contributed by atoms with Crippen LogP contribution < -0.4 is 4.90 Å². The number of benzene rings is 1. The number of aryl methyl sites for hydroxylation is 1. The number of amides is 1. The summed E-state index contributed by atoms with van der Waals surface area (Å²) < 4.78 is 5.91. The molecule has 1 aromatic carbocycles. The Hall–Kier alpha value is -2.03. The fourth-order valence-electron chi connectivity index (χ4n) is 2.55. The Morgan fingerprint density at radius 1 is 1.10 bits per heavy atom. The standard InChI is InChI=1S/C17H21NO2/c1-12-15(13(2)20-16(12)17(3,4)5)18(11-19)14-9-7-6-8-10-14/h6-11H,1-5H3. The number of hydrogen-bond acceptors (Lipinski definition) is 2. The summed E-state index contributed by atoms with van der Waals surface area (Å²) in [4.78, 5) is 13.2. The van der Waals surface area contributed by atoms with Crippen LogP contribution in [0.1, 0.15) is 37.9 Å². The SMILES string of the molecule is Cc1oc(C(C)(C)C)c(C)c1N(C=O)c1ccccc1. The lowest BCUT2D eigenvalue weighted by molar-refractivity contribution is -0.106. The molecular weight excluding hydrogens is 250 g/mol. The van der Waals surface area contributed by atoms with Gasteiger partial charge in [0.2, 0.25) is 6.41 Å². The highest BCUT2D eigenvalue weighted by molar-refractivity contribution is 5.88. The van der Waals surface area contributed by atoms with Gasteiger partial charge >= 0.3 is 0 Å². The number of rotatable bonds is 3. The molecule has 1 aromatic heterocycles. The van der Waals surface area contributed by atoms with Crippen LogP contribution in [0, 0.1) is 13.8 Å². The Labute approximate surface area is 120 Å². The number of anilines is 2. The maximum atomic E-state index is 11.6. The van der Waals surface area contributed by atoms with Gasteiger partial charge in [-0.15, -0.1) is 0 Å². The van der Waals surface area contributed by atoms with E-state index < -0.39 is 0 Å². The van der Waals surface area contributed by atoms with Gasteiger partial charge in [-0.1, -0.05) is 39.0 Å². The normalized spacial score (nSPS) is 11.4. The van der Waals surface area contributed by atoms with Gasteiger partial charge < -0.3 is 4.42 Å². The molecule has 0 N–H and O–H groups in total. The van der Waals surface area contributed by atoms with Crippen molar-refractivity contribution in [1.82, 2.24) is 0 Å². The monoisotopic (exact) mass is 271 g/mol. The zero-order chi connectivity index (χ0) is 14.9. The maximum Gasteiger partial charge on any atom is 0.218 e. The Kier molecular flexibility index (Phi) is 3.71. The molecule has 0 unspecified atom stereocenters. The molecule has 0 radical (unpaired) electrons. The quantitative estimate of drug-likeness (QED) is 0.771. The minimum Gasteiger partial charge on any atom is -0.463 e. The van der Waals surface area contributed by atoms with Crippen molar-refractivity contribution in [3.63, 3.8) is 0 Å². The van der Waals surface area contributed by atoms with E-state index in [0.29, 0.717) is 0 Å². The van der Waals surface area contributed by atoms with Crippen molar-refractivity contribution >= 4 is 17.8 Å². The Morgan fingerprint density at radius 2 is 1.70 bits per heavy atom. The van der Waals surface area contributed by atoms with Crippen LogP contribution in [-0.2, 0) is 10.2 Å². The molecule has 0 saturated carbocycles. The summed E-state index contributed by atoms with van der Waals surface area (Å²) in [7, 11) is 0. The predicted octanol–water partition coefficient (Wildman–Crippen LogP) is 4.49. The van der Waals surface area contributed by atoms with E-state index in [4.69, 9.17) is 4.42 Å². The molecule has 106 valence electrons. The molecule has 2 aromatic rings. The summed E-state index contributed by atoms with van der Waals surface area (Å²) in [5.74, 6) is 1.69. The lowest BCUT2D eigenvalue weighted by Gasteiger charge is -2.19. The van der Waals surface area contributed by atoms with Crippen molar-refractivity contribution in [2.24, 2.45) is 0 Å². The van der Waals surface area contributed by atoms with E-state index in [1.165, 1.54) is 0 Å². The first-order valence-corrected chi connectivity index (χ1v) is 6.76. The van der Waals surface area contributed by atoms with Gasteiger partial charge in [0.05, 0.1) is 5.69 Å². The first kappa shape index (κ1) is 14.4. The topological polar surface area (TPSA) is 33.5 Å². The zero-order valence-corrected chi connectivity index (χ0v) is 12.7. The van der Waals surface area contributed by atoms with Crippen molar-refractivity contribution in [1.29, 1.82) is 0 Å². The van der Waals surface area contributed by atoms with E-state index >= 15 is 0 Å². The van der Waals surface area contributed by atoms with Gasteiger partial charge in [-0.3, -0.25) is 9.69 Å². The molecule has 0 saturated heterocycles. The molecule has 0 fully saturated rings. The third-order valence-electron chi connectivity index (χ3n) is 3.35. The lowest BCUT2D eigenvalue weighted by atomic mass is 9.90. The summed E-state index contributed by atoms with van der Waals surface area (Å²) in [5.41, 5.74) is 2.62. The van der Waals surface area contributed by atoms with Gasteiger partial charge in [-0.25, -0.2) is 0 Å². The van der Waals surface area contributed by atoms with E-state index in [2.05, 4.69) is 20.8 Å². The second-order valence-electron chi connectivity index (χ2n) is 6.02. The maximum absolute atomic E-state index is 11.6. The van der Waals surface area contributed by atoms with Gasteiger partial charge in [0.1, 0.15) is 11.5 Å². The molecule has 3 heteroatoms. The van der Waals surface area contributed by atoms with Crippen LogP contribution in [0.4, 0.5) is 11.4 Å². The Balaban J connectivity index is 2.57. The fourth-order valence-corrected chi connectivity index (χ4v) is 2.55. The second-order valence-corrected chi connectivity index (χ2v) is 6.02. The van der Waals surface area contributed by atoms with Gasteiger partial charge in [0.15, 0.2) is 0 Å². The highest BCUT2D eigenvalue weighted by atomic mass is 16.3. The predicted molar refractivity (Wildman–Crippen MR) is 81.5 cm³/mol. The minimum atomic E-state index is -0.0850. The summed E-state index contributed by atoms with van der Waals surface area (Å²) in [6, 6.07) is 9.60. The number of carbonyl (C=O) groups is 1. The van der Waals surface area contributed by atoms with Crippen LogP contribution >= 0.6 is 0 Å². The second kappa shape index (κ2) is 5.16. The molecule has 0 aliphatic rings. The van der Waals surface area contributed by atoms with Crippen LogP contribution in [0.5, 0.6) is 0 Å². The van der Waals surface area contributed by atoms with E-state index in [-0.39, 0.29) is 5.41 Å². The number of nitrogens with zero attached hydrogens (tertiary/aromatic N) is 1. The fraction of sp³-hybridized carbons (Fsp3) is 0.353. The smallest absolute Gasteiger partial charge is 0.218 e. The third-order valence-corrected chi connectivity index (χ3v) is 3.35. The number of carbonyl (C=O) groups excluding carboxylic acids is 1. The van der Waals surface area contributed by atoms with Gasteiger partial charge in [0, 0.05) is 16.7 Å². The van der Waals surface area contributed by atoms with Crippen LogP contribution in [0.25, 0.3) is 0 Å². The van der Waals surface area contributed by atoms with E-state index in [1.807, 2.05) is 44.2 Å². The Bertz CT molecular complexity index is 606. The van der Waals surface area contributed by atoms with E-state index in [0.717, 1.165) is 34.9 Å². The lowest BCUT2D eigenvalue weighted by Crippen LogP contribution is -2.16. The number of para-hydroxylation sites is 1. The van der Waals surface area contributed by atoms with E-state index in [9.17, 15) is 4.79 Å². The molecule has 0 aliphatic carbocycles. The average molecular weight is 271 g/mol. The van der Waals surface area contributed by atoms with Gasteiger partial charge in [0.25, 0.3) is 0 Å². The van der Waals surface area contributed by atoms with Crippen molar-refractivity contribution in [2.75, 3.05) is 4.90 Å². The Morgan fingerprint density at radius 3 is 2.15 bits per heavy atom. The molecular formula is C17H21NO2. The van der Waals surface area contributed by atoms with Crippen LogP contribution in [-0.4, -0.2) is 6.41 Å². The molecule has 0 spiro atoms. The van der Waals surface area contributed by atoms with Crippen molar-refractivity contribution in [3.05, 3.63) is 47.4 Å². The molecule has 20 heavy (non-hydrogen) atoms. The first-order valence-electron chi connectivity index (χ1n) is 6.76. The van der Waals surface area contributed by atoms with Crippen molar-refractivity contribution in [3.8, 4) is 0 Å². The summed E-state index contributed by atoms with van der Waals surface area (Å²) >= 11 is 0. The van der Waals surface area contributed by atoms with Crippen molar-refractivity contribution < 1.29 is 9.21 Å². The zero-order valence-electron chi connectivity index (χ0n) is 12.7. The largest absolute Gasteiger partial charge is 0.463 e. The highest BCUT2D eigenvalue weighted by Crippen LogP contribution is 2.39. The van der Waals surface area contributed by atoms with Crippen LogP contribution in [0.2, 0.25) is 0 Å². The molecule has 1 amide bonds. The molecule has 1 heterocycles. The van der Waals surface area contributed by atoms with Gasteiger partial charge in [-0.05, 0) is 26.0 Å². The minimum absolute atomic E-state index is 0.0850. The average Bonchev–Trinajstić information content (AvgIpc) is 2.69. The number of hydrogen-bond donors (Lipinski definition) is 0. The van der Waals surface area contributed by atoms with Crippen LogP contribution in [0.3, 0.4) is 0 Å². The summed E-state index contributed by atoms with van der Waals surface area (Å²) in [6.07, 6.45) is 0.840.